The Bertz CT molecular complexity index is 756. The predicted octanol–water partition coefficient (Wildman–Crippen LogP) is 4.34. The number of nitrogens with zero attached hydrogens (tertiary/aromatic N) is 2. The molecule has 5 fully saturated rings. The molecule has 0 aromatic rings. The maximum Gasteiger partial charge on any atom is 0.276 e. The van der Waals surface area contributed by atoms with Crippen LogP contribution >= 0.6 is 9.24 Å². The molecule has 35 heavy (non-hydrogen) atoms. The van der Waals surface area contributed by atoms with Gasteiger partial charge in [0.05, 0.1) is 6.10 Å². The molecule has 7 unspecified atom stereocenters. The van der Waals surface area contributed by atoms with E-state index in [-0.39, 0.29) is 5.92 Å². The van der Waals surface area contributed by atoms with Crippen molar-refractivity contribution in [2.75, 3.05) is 13.1 Å². The number of nitrogens with one attached hydrogen (secondary N) is 2. The molecule has 3 heterocycles. The number of alkyl halides is 2. The van der Waals surface area contributed by atoms with Gasteiger partial charge in [-0.2, -0.15) is 0 Å². The second-order valence-electron chi connectivity index (χ2n) is 12.5. The summed E-state index contributed by atoms with van der Waals surface area (Å²) < 4.78 is 27.7. The summed E-state index contributed by atoms with van der Waals surface area (Å²) in [6, 6.07) is 1.02. The molecule has 2 aliphatic carbocycles. The van der Waals surface area contributed by atoms with Crippen LogP contribution in [0.2, 0.25) is 0 Å². The van der Waals surface area contributed by atoms with E-state index in [1.165, 1.54) is 51.4 Å². The summed E-state index contributed by atoms with van der Waals surface area (Å²) in [5.74, 6) is 2.26. The first-order chi connectivity index (χ1) is 16.6. The third kappa shape index (κ3) is 5.19. The SMILES string of the molecule is C=C(C1CNC(C(F)(F)P)C(O)C1)N1CCC2C3C(CCCC[C@@H]31)NN2C1CCC(C(C)C)CC1. The summed E-state index contributed by atoms with van der Waals surface area (Å²) in [7, 11) is 1.58. The first kappa shape index (κ1) is 26.3. The number of piperidine rings is 2. The number of hydrogen-bond donors (Lipinski definition) is 3. The van der Waals surface area contributed by atoms with Crippen LogP contribution in [-0.2, 0) is 0 Å². The van der Waals surface area contributed by atoms with E-state index in [0.29, 0.717) is 43.1 Å². The van der Waals surface area contributed by atoms with Crippen molar-refractivity contribution in [1.82, 2.24) is 20.7 Å². The highest BCUT2D eigenvalue weighted by atomic mass is 31.0. The zero-order valence-corrected chi connectivity index (χ0v) is 22.8. The summed E-state index contributed by atoms with van der Waals surface area (Å²) in [5, 5.41) is 16.1. The molecule has 3 saturated heterocycles. The van der Waals surface area contributed by atoms with Crippen molar-refractivity contribution in [3.63, 3.8) is 0 Å². The van der Waals surface area contributed by atoms with Gasteiger partial charge < -0.3 is 15.3 Å². The molecule has 0 bridgehead atoms. The van der Waals surface area contributed by atoms with Gasteiger partial charge in [0.15, 0.2) is 0 Å². The van der Waals surface area contributed by atoms with Crippen LogP contribution in [0.15, 0.2) is 12.3 Å². The van der Waals surface area contributed by atoms with E-state index in [4.69, 9.17) is 0 Å². The van der Waals surface area contributed by atoms with Gasteiger partial charge in [0.1, 0.15) is 6.04 Å². The smallest absolute Gasteiger partial charge is 0.276 e. The molecule has 0 spiro atoms. The van der Waals surface area contributed by atoms with Crippen molar-refractivity contribution in [3.8, 4) is 0 Å². The fourth-order valence-electron chi connectivity index (χ4n) is 8.23. The first-order valence-electron chi connectivity index (χ1n) is 14.2. The molecule has 0 amide bonds. The normalized spacial score (nSPS) is 43.2. The second-order valence-corrected chi connectivity index (χ2v) is 13.3. The van der Waals surface area contributed by atoms with E-state index in [9.17, 15) is 13.9 Å². The van der Waals surface area contributed by atoms with E-state index in [2.05, 4.69) is 41.1 Å². The van der Waals surface area contributed by atoms with Gasteiger partial charge in [-0.05, 0) is 63.2 Å². The highest BCUT2D eigenvalue weighted by Crippen LogP contribution is 2.45. The summed E-state index contributed by atoms with van der Waals surface area (Å²) >= 11 is 0. The molecule has 2 saturated carbocycles. The quantitative estimate of drug-likeness (QED) is 0.479. The molecular weight excluding hydrogens is 465 g/mol. The molecule has 0 aromatic carbocycles. The average Bonchev–Trinajstić information content (AvgIpc) is 3.05. The number of rotatable bonds is 5. The summed E-state index contributed by atoms with van der Waals surface area (Å²) in [6.45, 7) is 10.7. The lowest BCUT2D eigenvalue weighted by Gasteiger charge is -2.50. The van der Waals surface area contributed by atoms with Crippen LogP contribution in [-0.4, -0.2) is 70.1 Å². The van der Waals surface area contributed by atoms with E-state index in [0.717, 1.165) is 30.5 Å². The predicted molar refractivity (Wildman–Crippen MR) is 140 cm³/mol. The van der Waals surface area contributed by atoms with Crippen molar-refractivity contribution >= 4 is 9.24 Å². The Balaban J connectivity index is 1.27. The van der Waals surface area contributed by atoms with Crippen molar-refractivity contribution in [3.05, 3.63) is 12.3 Å². The Morgan fingerprint density at radius 2 is 1.77 bits per heavy atom. The zero-order valence-electron chi connectivity index (χ0n) is 21.6. The highest BCUT2D eigenvalue weighted by Gasteiger charge is 2.53. The largest absolute Gasteiger partial charge is 0.391 e. The van der Waals surface area contributed by atoms with Gasteiger partial charge in [-0.1, -0.05) is 42.5 Å². The molecule has 0 aromatic heterocycles. The maximum absolute atomic E-state index is 13.8. The molecule has 5 rings (SSSR count). The van der Waals surface area contributed by atoms with Crippen LogP contribution in [0.5, 0.6) is 0 Å². The Kier molecular flexibility index (Phi) is 7.84. The first-order valence-corrected chi connectivity index (χ1v) is 14.8. The molecule has 0 radical (unpaired) electrons. The molecule has 8 atom stereocenters. The fourth-order valence-corrected chi connectivity index (χ4v) is 8.57. The summed E-state index contributed by atoms with van der Waals surface area (Å²) in [6.07, 6.45) is 10.6. The number of halogens is 2. The maximum atomic E-state index is 13.8. The minimum atomic E-state index is -3.01. The Morgan fingerprint density at radius 3 is 2.43 bits per heavy atom. The van der Waals surface area contributed by atoms with Crippen molar-refractivity contribution in [2.45, 2.75) is 120 Å². The molecule has 3 N–H and O–H groups in total. The Morgan fingerprint density at radius 1 is 1.06 bits per heavy atom. The number of aliphatic hydroxyl groups excluding tert-OH is 1. The van der Waals surface area contributed by atoms with Crippen LogP contribution in [0.3, 0.4) is 0 Å². The van der Waals surface area contributed by atoms with E-state index >= 15 is 0 Å². The molecule has 3 aliphatic heterocycles. The van der Waals surface area contributed by atoms with Gasteiger partial charge >= 0.3 is 0 Å². The van der Waals surface area contributed by atoms with Crippen LogP contribution in [0.25, 0.3) is 0 Å². The zero-order chi connectivity index (χ0) is 24.9. The molecular formula is C27H47F2N4OP. The molecule has 200 valence electrons. The minimum absolute atomic E-state index is 0.00336. The number of likely N-dealkylation sites (tertiary alicyclic amines) is 1. The molecule has 5 nitrogen and oxygen atoms in total. The third-order valence-electron chi connectivity index (χ3n) is 10.2. The molecule has 5 aliphatic rings. The standard InChI is InChI=1S/C27H47F2N4OP/c1-16(2)18-8-10-20(11-9-18)33-23-12-13-32(22-7-5-4-6-21(31-33)25(22)23)17(3)19-14-24(34)26(30-15-19)27(28,29)35/h16,18-26,30-31,34H,3-15,35H2,1-2H3/t18?,19?,20?,21?,22-,23?,24?,25?,26?/m0/s1. The lowest BCUT2D eigenvalue weighted by molar-refractivity contribution is -0.0361. The van der Waals surface area contributed by atoms with Crippen LogP contribution in [0.1, 0.15) is 78.1 Å². The number of aliphatic hydroxyl groups is 1. The lowest BCUT2D eigenvalue weighted by Crippen LogP contribution is -2.59. The Hall–Kier alpha value is -0.330. The van der Waals surface area contributed by atoms with Crippen molar-refractivity contribution in [1.29, 1.82) is 0 Å². The topological polar surface area (TPSA) is 50.8 Å². The van der Waals surface area contributed by atoms with Gasteiger partial charge in [0.2, 0.25) is 0 Å². The van der Waals surface area contributed by atoms with E-state index in [1.54, 1.807) is 9.24 Å². The van der Waals surface area contributed by atoms with Crippen molar-refractivity contribution in [2.24, 2.45) is 23.7 Å². The van der Waals surface area contributed by atoms with Gasteiger partial charge in [0, 0.05) is 54.8 Å². The number of hydrogen-bond acceptors (Lipinski definition) is 5. The van der Waals surface area contributed by atoms with Crippen LogP contribution in [0.4, 0.5) is 8.78 Å². The minimum Gasteiger partial charge on any atom is -0.391 e. The van der Waals surface area contributed by atoms with Gasteiger partial charge in [-0.3, -0.25) is 5.43 Å². The highest BCUT2D eigenvalue weighted by molar-refractivity contribution is 7.18. The van der Waals surface area contributed by atoms with Crippen molar-refractivity contribution < 1.29 is 13.9 Å². The second kappa shape index (κ2) is 10.4. The molecule has 8 heteroatoms. The van der Waals surface area contributed by atoms with Crippen LogP contribution in [0, 0.1) is 23.7 Å². The summed E-state index contributed by atoms with van der Waals surface area (Å²) in [5.41, 5.74) is 2.06. The average molecular weight is 513 g/mol. The summed E-state index contributed by atoms with van der Waals surface area (Å²) in [4.78, 5) is 2.53. The van der Waals surface area contributed by atoms with Gasteiger partial charge in [-0.15, -0.1) is 0 Å². The van der Waals surface area contributed by atoms with Gasteiger partial charge in [0.25, 0.3) is 5.66 Å². The van der Waals surface area contributed by atoms with E-state index in [1.807, 2.05) is 0 Å². The Labute approximate surface area is 213 Å². The van der Waals surface area contributed by atoms with E-state index < -0.39 is 17.8 Å². The lowest BCUT2D eigenvalue weighted by atomic mass is 9.77. The third-order valence-corrected chi connectivity index (χ3v) is 10.5. The fraction of sp³-hybridized carbons (Fsp3) is 0.926. The van der Waals surface area contributed by atoms with Gasteiger partial charge in [-0.25, -0.2) is 13.8 Å². The van der Waals surface area contributed by atoms with Crippen LogP contribution < -0.4 is 10.7 Å². The monoisotopic (exact) mass is 512 g/mol. The number of hydrazine groups is 1.